The molecular weight excluding hydrogens is 865 g/mol. The SMILES string of the molecule is CCCCC/C=C\C/C=C\CCCCCCCCCC(=O)OC(COC(=O)CCCCCCCCCCCCCC)COC(=O)CCCCCCCCCCCCCCCCCCCCCCCCC. The minimum absolute atomic E-state index is 0.0687. The van der Waals surface area contributed by atoms with E-state index in [1.165, 1.54) is 238 Å². The van der Waals surface area contributed by atoms with E-state index >= 15 is 0 Å². The molecule has 412 valence electrons. The molecule has 0 aromatic heterocycles. The third kappa shape index (κ3) is 56.8. The van der Waals surface area contributed by atoms with E-state index in [4.69, 9.17) is 14.2 Å². The second kappa shape index (κ2) is 59.5. The maximum Gasteiger partial charge on any atom is 0.306 e. The first-order valence-corrected chi connectivity index (χ1v) is 31.3. The van der Waals surface area contributed by atoms with E-state index in [0.29, 0.717) is 19.3 Å². The number of esters is 3. The van der Waals surface area contributed by atoms with Crippen molar-refractivity contribution in [1.82, 2.24) is 0 Å². The number of carbonyl (C=O) groups is 3. The van der Waals surface area contributed by atoms with E-state index in [2.05, 4.69) is 45.1 Å². The van der Waals surface area contributed by atoms with Gasteiger partial charge in [-0.1, -0.05) is 302 Å². The molecule has 0 N–H and O–H groups in total. The molecule has 6 heteroatoms. The van der Waals surface area contributed by atoms with Crippen LogP contribution in [0.3, 0.4) is 0 Å². The van der Waals surface area contributed by atoms with Gasteiger partial charge in [0.15, 0.2) is 6.10 Å². The summed E-state index contributed by atoms with van der Waals surface area (Å²) < 4.78 is 16.9. The largest absolute Gasteiger partial charge is 0.462 e. The fraction of sp³-hybridized carbons (Fsp3) is 0.891. The summed E-state index contributed by atoms with van der Waals surface area (Å²) in [4.78, 5) is 38.2. The van der Waals surface area contributed by atoms with E-state index in [0.717, 1.165) is 70.6 Å². The predicted octanol–water partition coefficient (Wildman–Crippen LogP) is 21.1. The van der Waals surface area contributed by atoms with Gasteiger partial charge in [0, 0.05) is 19.3 Å². The van der Waals surface area contributed by atoms with Gasteiger partial charge in [-0.2, -0.15) is 0 Å². The summed E-state index contributed by atoms with van der Waals surface area (Å²) >= 11 is 0. The van der Waals surface area contributed by atoms with Crippen molar-refractivity contribution in [3.63, 3.8) is 0 Å². The molecule has 0 radical (unpaired) electrons. The van der Waals surface area contributed by atoms with Gasteiger partial charge in [-0.15, -0.1) is 0 Å². The fourth-order valence-corrected chi connectivity index (χ4v) is 9.48. The smallest absolute Gasteiger partial charge is 0.306 e. The lowest BCUT2D eigenvalue weighted by Crippen LogP contribution is -2.30. The molecule has 0 aliphatic carbocycles. The van der Waals surface area contributed by atoms with E-state index in [-0.39, 0.29) is 31.1 Å². The maximum absolute atomic E-state index is 12.9. The number of ether oxygens (including phenoxy) is 3. The Kier molecular flexibility index (Phi) is 57.7. The Bertz CT molecular complexity index is 1130. The second-order valence-electron chi connectivity index (χ2n) is 21.3. The van der Waals surface area contributed by atoms with Gasteiger partial charge in [0.2, 0.25) is 0 Å². The Hall–Kier alpha value is -2.11. The van der Waals surface area contributed by atoms with Gasteiger partial charge in [-0.05, 0) is 51.4 Å². The van der Waals surface area contributed by atoms with Crippen LogP contribution < -0.4 is 0 Å². The maximum atomic E-state index is 12.9. The molecule has 0 fully saturated rings. The molecule has 70 heavy (non-hydrogen) atoms. The lowest BCUT2D eigenvalue weighted by molar-refractivity contribution is -0.167. The monoisotopic (exact) mass is 985 g/mol. The van der Waals surface area contributed by atoms with Crippen molar-refractivity contribution in [2.75, 3.05) is 13.2 Å². The zero-order chi connectivity index (χ0) is 50.7. The summed E-state index contributed by atoms with van der Waals surface area (Å²) in [5, 5.41) is 0. The summed E-state index contributed by atoms with van der Waals surface area (Å²) in [6.45, 7) is 6.67. The lowest BCUT2D eigenvalue weighted by atomic mass is 10.0. The molecule has 6 nitrogen and oxygen atoms in total. The van der Waals surface area contributed by atoms with Gasteiger partial charge in [-0.3, -0.25) is 14.4 Å². The highest BCUT2D eigenvalue weighted by molar-refractivity contribution is 5.71. The molecule has 0 amide bonds. The molecule has 0 aromatic rings. The first kappa shape index (κ1) is 67.9. The number of rotatable bonds is 58. The highest BCUT2D eigenvalue weighted by Crippen LogP contribution is 2.18. The highest BCUT2D eigenvalue weighted by Gasteiger charge is 2.19. The predicted molar refractivity (Wildman–Crippen MR) is 303 cm³/mol. The normalized spacial score (nSPS) is 12.1. The Labute approximate surface area is 436 Å². The van der Waals surface area contributed by atoms with Crippen molar-refractivity contribution in [1.29, 1.82) is 0 Å². The van der Waals surface area contributed by atoms with Crippen molar-refractivity contribution in [3.05, 3.63) is 24.3 Å². The minimum atomic E-state index is -0.771. The van der Waals surface area contributed by atoms with Crippen LogP contribution in [0.2, 0.25) is 0 Å². The Morgan fingerprint density at radius 2 is 0.514 bits per heavy atom. The van der Waals surface area contributed by atoms with Crippen LogP contribution in [-0.4, -0.2) is 37.2 Å². The number of unbranched alkanes of at least 4 members (excludes halogenated alkanes) is 43. The van der Waals surface area contributed by atoms with Crippen molar-refractivity contribution < 1.29 is 28.6 Å². The van der Waals surface area contributed by atoms with Crippen molar-refractivity contribution in [2.24, 2.45) is 0 Å². The molecule has 0 bridgehead atoms. The van der Waals surface area contributed by atoms with Gasteiger partial charge in [0.25, 0.3) is 0 Å². The number of hydrogen-bond donors (Lipinski definition) is 0. The topological polar surface area (TPSA) is 78.9 Å². The van der Waals surface area contributed by atoms with Crippen LogP contribution in [-0.2, 0) is 28.6 Å². The van der Waals surface area contributed by atoms with Crippen LogP contribution in [0.5, 0.6) is 0 Å². The zero-order valence-electron chi connectivity index (χ0n) is 47.3. The second-order valence-corrected chi connectivity index (χ2v) is 21.3. The number of carbonyl (C=O) groups excluding carboxylic acids is 3. The molecule has 1 atom stereocenters. The van der Waals surface area contributed by atoms with E-state index in [9.17, 15) is 14.4 Å². The Balaban J connectivity index is 4.24. The van der Waals surface area contributed by atoms with Gasteiger partial charge < -0.3 is 14.2 Å². The highest BCUT2D eigenvalue weighted by atomic mass is 16.6. The van der Waals surface area contributed by atoms with Crippen LogP contribution in [0.4, 0.5) is 0 Å². The van der Waals surface area contributed by atoms with Crippen molar-refractivity contribution in [2.45, 2.75) is 354 Å². The molecule has 0 heterocycles. The number of allylic oxidation sites excluding steroid dienone is 4. The first-order valence-electron chi connectivity index (χ1n) is 31.3. The summed E-state index contributed by atoms with van der Waals surface area (Å²) in [6, 6.07) is 0. The quantitative estimate of drug-likeness (QED) is 0.0261. The van der Waals surface area contributed by atoms with Crippen molar-refractivity contribution in [3.8, 4) is 0 Å². The van der Waals surface area contributed by atoms with E-state index in [1.807, 2.05) is 0 Å². The summed E-state index contributed by atoms with van der Waals surface area (Å²) in [5.74, 6) is -0.852. The van der Waals surface area contributed by atoms with Gasteiger partial charge >= 0.3 is 17.9 Å². The lowest BCUT2D eigenvalue weighted by Gasteiger charge is -2.18. The number of hydrogen-bond acceptors (Lipinski definition) is 6. The molecule has 0 aliphatic heterocycles. The van der Waals surface area contributed by atoms with Gasteiger partial charge in [0.05, 0.1) is 0 Å². The standard InChI is InChI=1S/C64H120O6/c1-4-7-10-13-16-19-22-25-27-29-30-31-32-33-34-36-37-39-42-45-48-51-54-57-63(66)69-60-61(59-68-62(65)56-53-50-47-44-41-24-21-18-15-12-9-6-3)70-64(67)58-55-52-49-46-43-40-38-35-28-26-23-20-17-14-11-8-5-2/h17,20,26,28,61H,4-16,18-19,21-25,27,29-60H2,1-3H3/b20-17-,28-26-. The van der Waals surface area contributed by atoms with Gasteiger partial charge in [0.1, 0.15) is 13.2 Å². The molecule has 0 aliphatic rings. The Morgan fingerprint density at radius 1 is 0.286 bits per heavy atom. The molecule has 1 unspecified atom stereocenters. The van der Waals surface area contributed by atoms with Crippen LogP contribution in [0.25, 0.3) is 0 Å². The fourth-order valence-electron chi connectivity index (χ4n) is 9.48. The molecule has 0 saturated heterocycles. The third-order valence-corrected chi connectivity index (χ3v) is 14.2. The molecule has 0 spiro atoms. The van der Waals surface area contributed by atoms with Crippen LogP contribution >= 0.6 is 0 Å². The molecule has 0 rings (SSSR count). The molecule has 0 saturated carbocycles. The summed E-state index contributed by atoms with van der Waals surface area (Å²) in [5.41, 5.74) is 0. The van der Waals surface area contributed by atoms with Gasteiger partial charge in [-0.25, -0.2) is 0 Å². The summed E-state index contributed by atoms with van der Waals surface area (Å²) in [7, 11) is 0. The summed E-state index contributed by atoms with van der Waals surface area (Å²) in [6.07, 6.45) is 70.4. The van der Waals surface area contributed by atoms with Crippen LogP contribution in [0.1, 0.15) is 348 Å². The Morgan fingerprint density at radius 3 is 0.814 bits per heavy atom. The minimum Gasteiger partial charge on any atom is -0.462 e. The third-order valence-electron chi connectivity index (χ3n) is 14.2. The van der Waals surface area contributed by atoms with E-state index < -0.39 is 6.10 Å². The molecule has 0 aromatic carbocycles. The molecular formula is C64H120O6. The van der Waals surface area contributed by atoms with Crippen LogP contribution in [0, 0.1) is 0 Å². The first-order chi connectivity index (χ1) is 34.5. The zero-order valence-corrected chi connectivity index (χ0v) is 47.3. The van der Waals surface area contributed by atoms with E-state index in [1.54, 1.807) is 0 Å². The average Bonchev–Trinajstić information content (AvgIpc) is 3.36. The van der Waals surface area contributed by atoms with Crippen LogP contribution in [0.15, 0.2) is 24.3 Å². The van der Waals surface area contributed by atoms with Crippen molar-refractivity contribution >= 4 is 17.9 Å². The average molecular weight is 986 g/mol.